The number of rotatable bonds is 8. The fourth-order valence-electron chi connectivity index (χ4n) is 2.07. The van der Waals surface area contributed by atoms with Crippen LogP contribution in [0.4, 0.5) is 0 Å². The predicted molar refractivity (Wildman–Crippen MR) is 88.4 cm³/mol. The molecule has 0 fully saturated rings. The Morgan fingerprint density at radius 3 is 2.48 bits per heavy atom. The Morgan fingerprint density at radius 1 is 1.10 bits per heavy atom. The van der Waals surface area contributed by atoms with E-state index in [1.54, 1.807) is 0 Å². The number of ether oxygens (including phenoxy) is 2. The Bertz CT molecular complexity index is 566. The van der Waals surface area contributed by atoms with Crippen molar-refractivity contribution in [1.29, 1.82) is 0 Å². The highest BCUT2D eigenvalue weighted by Gasteiger charge is 2.08. The molecule has 21 heavy (non-hydrogen) atoms. The average molecular weight is 305 g/mol. The standard InChI is InChI=1S/C17H23NO2S/c1-4-18-11-15-10-14(13(3)21-15)12-20-17-9-7-6-8-16(17)19-5-2/h6-10,18H,4-5,11-12H2,1-3H3. The fourth-order valence-corrected chi connectivity index (χ4v) is 3.08. The van der Waals surface area contributed by atoms with Gasteiger partial charge < -0.3 is 14.8 Å². The van der Waals surface area contributed by atoms with Crippen molar-refractivity contribution in [2.24, 2.45) is 0 Å². The molecule has 0 spiro atoms. The minimum atomic E-state index is 0.582. The molecule has 0 bridgehead atoms. The Labute approximate surface area is 130 Å². The molecule has 1 heterocycles. The van der Waals surface area contributed by atoms with Crippen LogP contribution < -0.4 is 14.8 Å². The van der Waals surface area contributed by atoms with Crippen molar-refractivity contribution in [3.05, 3.63) is 45.6 Å². The van der Waals surface area contributed by atoms with Gasteiger partial charge in [0.2, 0.25) is 0 Å². The number of para-hydroxylation sites is 2. The van der Waals surface area contributed by atoms with E-state index in [0.717, 1.165) is 24.6 Å². The van der Waals surface area contributed by atoms with E-state index in [1.807, 2.05) is 42.5 Å². The first-order valence-corrected chi connectivity index (χ1v) is 8.19. The molecule has 4 heteroatoms. The Balaban J connectivity index is 2.01. The highest BCUT2D eigenvalue weighted by Crippen LogP contribution is 2.29. The molecular weight excluding hydrogens is 282 g/mol. The normalized spacial score (nSPS) is 10.6. The van der Waals surface area contributed by atoms with Crippen LogP contribution in [0.15, 0.2) is 30.3 Å². The molecule has 0 aliphatic heterocycles. The van der Waals surface area contributed by atoms with Gasteiger partial charge in [0.15, 0.2) is 11.5 Å². The molecule has 3 nitrogen and oxygen atoms in total. The van der Waals surface area contributed by atoms with Gasteiger partial charge in [0, 0.05) is 21.9 Å². The largest absolute Gasteiger partial charge is 0.490 e. The highest BCUT2D eigenvalue weighted by molar-refractivity contribution is 7.12. The van der Waals surface area contributed by atoms with Gasteiger partial charge in [0.05, 0.1) is 6.61 Å². The van der Waals surface area contributed by atoms with Crippen LogP contribution in [0.25, 0.3) is 0 Å². The summed E-state index contributed by atoms with van der Waals surface area (Å²) in [5.74, 6) is 1.61. The summed E-state index contributed by atoms with van der Waals surface area (Å²) in [6.07, 6.45) is 0. The molecule has 0 aliphatic carbocycles. The summed E-state index contributed by atoms with van der Waals surface area (Å²) in [7, 11) is 0. The summed E-state index contributed by atoms with van der Waals surface area (Å²) in [5.41, 5.74) is 1.25. The maximum absolute atomic E-state index is 5.94. The minimum absolute atomic E-state index is 0.582. The van der Waals surface area contributed by atoms with E-state index < -0.39 is 0 Å². The number of aryl methyl sites for hydroxylation is 1. The number of hydrogen-bond donors (Lipinski definition) is 1. The van der Waals surface area contributed by atoms with Crippen molar-refractivity contribution >= 4 is 11.3 Å². The van der Waals surface area contributed by atoms with Crippen LogP contribution in [0.5, 0.6) is 11.5 Å². The van der Waals surface area contributed by atoms with E-state index >= 15 is 0 Å². The van der Waals surface area contributed by atoms with Crippen molar-refractivity contribution in [3.63, 3.8) is 0 Å². The lowest BCUT2D eigenvalue weighted by Gasteiger charge is -2.11. The number of thiophene rings is 1. The molecule has 0 amide bonds. The first kappa shape index (κ1) is 15.9. The van der Waals surface area contributed by atoms with Gasteiger partial charge in [-0.15, -0.1) is 11.3 Å². The van der Waals surface area contributed by atoms with E-state index in [1.165, 1.54) is 15.3 Å². The van der Waals surface area contributed by atoms with Crippen LogP contribution >= 0.6 is 11.3 Å². The second kappa shape index (κ2) is 8.05. The van der Waals surface area contributed by atoms with Crippen LogP contribution in [-0.2, 0) is 13.2 Å². The van der Waals surface area contributed by atoms with Crippen molar-refractivity contribution < 1.29 is 9.47 Å². The first-order valence-electron chi connectivity index (χ1n) is 7.38. The minimum Gasteiger partial charge on any atom is -0.490 e. The quantitative estimate of drug-likeness (QED) is 0.795. The second-order valence-electron chi connectivity index (χ2n) is 4.74. The molecule has 0 radical (unpaired) electrons. The Kier molecular flexibility index (Phi) is 6.08. The molecule has 1 aromatic heterocycles. The molecule has 2 aromatic rings. The zero-order valence-electron chi connectivity index (χ0n) is 12.9. The average Bonchev–Trinajstić information content (AvgIpc) is 2.85. The molecule has 0 atom stereocenters. The molecule has 2 rings (SSSR count). The molecule has 1 N–H and O–H groups in total. The summed E-state index contributed by atoms with van der Waals surface area (Å²) < 4.78 is 11.5. The molecule has 0 saturated heterocycles. The smallest absolute Gasteiger partial charge is 0.161 e. The topological polar surface area (TPSA) is 30.5 Å². The van der Waals surface area contributed by atoms with E-state index in [0.29, 0.717) is 13.2 Å². The SMILES string of the molecule is CCNCc1cc(COc2ccccc2OCC)c(C)s1. The van der Waals surface area contributed by atoms with Gasteiger partial charge in [-0.05, 0) is 38.6 Å². The van der Waals surface area contributed by atoms with Crippen molar-refractivity contribution in [3.8, 4) is 11.5 Å². The van der Waals surface area contributed by atoms with Crippen LogP contribution in [-0.4, -0.2) is 13.2 Å². The van der Waals surface area contributed by atoms with Gasteiger partial charge in [-0.3, -0.25) is 0 Å². The number of nitrogens with one attached hydrogen (secondary N) is 1. The van der Waals surface area contributed by atoms with Crippen molar-refractivity contribution in [2.45, 2.75) is 33.9 Å². The van der Waals surface area contributed by atoms with Crippen LogP contribution in [0, 0.1) is 6.92 Å². The molecule has 0 unspecified atom stereocenters. The van der Waals surface area contributed by atoms with E-state index in [2.05, 4.69) is 25.2 Å². The van der Waals surface area contributed by atoms with Crippen LogP contribution in [0.2, 0.25) is 0 Å². The third-order valence-corrected chi connectivity index (χ3v) is 4.25. The van der Waals surface area contributed by atoms with Gasteiger partial charge in [-0.25, -0.2) is 0 Å². The summed E-state index contributed by atoms with van der Waals surface area (Å²) in [6.45, 7) is 9.39. The number of hydrogen-bond acceptors (Lipinski definition) is 4. The monoisotopic (exact) mass is 305 g/mol. The number of benzene rings is 1. The molecule has 1 aromatic carbocycles. The van der Waals surface area contributed by atoms with Crippen LogP contribution in [0.1, 0.15) is 29.2 Å². The molecule has 114 valence electrons. The van der Waals surface area contributed by atoms with Crippen molar-refractivity contribution in [1.82, 2.24) is 5.32 Å². The van der Waals surface area contributed by atoms with E-state index in [4.69, 9.17) is 9.47 Å². The summed E-state index contributed by atoms with van der Waals surface area (Å²) in [4.78, 5) is 2.67. The van der Waals surface area contributed by atoms with E-state index in [9.17, 15) is 0 Å². The van der Waals surface area contributed by atoms with Gasteiger partial charge in [0.1, 0.15) is 6.61 Å². The molecule has 0 aliphatic rings. The first-order chi connectivity index (χ1) is 10.2. The molecular formula is C17H23NO2S. The molecule has 0 saturated carbocycles. The second-order valence-corrected chi connectivity index (χ2v) is 6.08. The van der Waals surface area contributed by atoms with Crippen LogP contribution in [0.3, 0.4) is 0 Å². The highest BCUT2D eigenvalue weighted by atomic mass is 32.1. The lowest BCUT2D eigenvalue weighted by Crippen LogP contribution is -2.10. The fraction of sp³-hybridized carbons (Fsp3) is 0.412. The lowest BCUT2D eigenvalue weighted by molar-refractivity contribution is 0.269. The van der Waals surface area contributed by atoms with Crippen molar-refractivity contribution in [2.75, 3.05) is 13.2 Å². The van der Waals surface area contributed by atoms with Gasteiger partial charge in [-0.1, -0.05) is 19.1 Å². The Morgan fingerprint density at radius 2 is 1.81 bits per heavy atom. The van der Waals surface area contributed by atoms with Gasteiger partial charge >= 0.3 is 0 Å². The third-order valence-electron chi connectivity index (χ3n) is 3.15. The summed E-state index contributed by atoms with van der Waals surface area (Å²) >= 11 is 1.83. The van der Waals surface area contributed by atoms with Gasteiger partial charge in [-0.2, -0.15) is 0 Å². The zero-order chi connectivity index (χ0) is 15.1. The van der Waals surface area contributed by atoms with Gasteiger partial charge in [0.25, 0.3) is 0 Å². The maximum Gasteiger partial charge on any atom is 0.161 e. The van der Waals surface area contributed by atoms with E-state index in [-0.39, 0.29) is 0 Å². The summed E-state index contributed by atoms with van der Waals surface area (Å²) in [6, 6.07) is 10.0. The summed E-state index contributed by atoms with van der Waals surface area (Å²) in [5, 5.41) is 3.35. The zero-order valence-corrected chi connectivity index (χ0v) is 13.8. The predicted octanol–water partition coefficient (Wildman–Crippen LogP) is 4.14. The Hall–Kier alpha value is -1.52. The maximum atomic E-state index is 5.94. The lowest BCUT2D eigenvalue weighted by atomic mass is 10.2. The third kappa shape index (κ3) is 4.48.